The molecule has 1 aliphatic heterocycles. The zero-order valence-electron chi connectivity index (χ0n) is 12.2. The lowest BCUT2D eigenvalue weighted by molar-refractivity contribution is -0.138. The molecular weight excluding hydrogens is 244 g/mol. The number of carboxylic acids is 1. The third-order valence-corrected chi connectivity index (χ3v) is 3.72. The molecular formula is C14H26N2O3. The molecule has 0 aromatic carbocycles. The highest BCUT2D eigenvalue weighted by molar-refractivity contribution is 5.78. The fraction of sp³-hybridized carbons (Fsp3) is 0.857. The quantitative estimate of drug-likeness (QED) is 0.681. The summed E-state index contributed by atoms with van der Waals surface area (Å²) in [4.78, 5) is 22.7. The first kappa shape index (κ1) is 16.0. The van der Waals surface area contributed by atoms with Crippen molar-refractivity contribution in [2.45, 2.75) is 52.0 Å². The van der Waals surface area contributed by atoms with Crippen molar-refractivity contribution >= 4 is 11.9 Å². The van der Waals surface area contributed by atoms with Gasteiger partial charge in [0.25, 0.3) is 0 Å². The van der Waals surface area contributed by atoms with Gasteiger partial charge in [-0.3, -0.25) is 9.59 Å². The van der Waals surface area contributed by atoms with Crippen molar-refractivity contribution in [1.82, 2.24) is 10.6 Å². The van der Waals surface area contributed by atoms with E-state index < -0.39 is 11.5 Å². The highest BCUT2D eigenvalue weighted by Crippen LogP contribution is 2.22. The molecule has 110 valence electrons. The molecule has 1 amide bonds. The summed E-state index contributed by atoms with van der Waals surface area (Å²) >= 11 is 0. The summed E-state index contributed by atoms with van der Waals surface area (Å²) in [7, 11) is 0. The highest BCUT2D eigenvalue weighted by Gasteiger charge is 2.26. The summed E-state index contributed by atoms with van der Waals surface area (Å²) in [5.74, 6) is -0.0744. The zero-order chi connectivity index (χ0) is 14.5. The van der Waals surface area contributed by atoms with Gasteiger partial charge in [-0.1, -0.05) is 6.92 Å². The number of piperidine rings is 1. The van der Waals surface area contributed by atoms with Crippen LogP contribution < -0.4 is 10.6 Å². The minimum Gasteiger partial charge on any atom is -0.481 e. The van der Waals surface area contributed by atoms with Crippen LogP contribution >= 0.6 is 0 Å². The third kappa shape index (κ3) is 6.05. The first-order chi connectivity index (χ1) is 8.80. The molecule has 5 nitrogen and oxygen atoms in total. The number of amides is 1. The van der Waals surface area contributed by atoms with Crippen LogP contribution in [0.4, 0.5) is 0 Å². The maximum Gasteiger partial charge on any atom is 0.305 e. The van der Waals surface area contributed by atoms with Crippen LogP contribution in [0.2, 0.25) is 0 Å². The fourth-order valence-corrected chi connectivity index (χ4v) is 2.67. The van der Waals surface area contributed by atoms with E-state index in [9.17, 15) is 9.59 Å². The van der Waals surface area contributed by atoms with Crippen LogP contribution in [-0.4, -0.2) is 35.6 Å². The van der Waals surface area contributed by atoms with Gasteiger partial charge in [-0.2, -0.15) is 0 Å². The van der Waals surface area contributed by atoms with Crippen molar-refractivity contribution < 1.29 is 14.7 Å². The summed E-state index contributed by atoms with van der Waals surface area (Å²) in [5.41, 5.74) is -0.687. The van der Waals surface area contributed by atoms with Crippen molar-refractivity contribution in [3.63, 3.8) is 0 Å². The lowest BCUT2D eigenvalue weighted by atomic mass is 9.85. The standard InChI is InChI=1S/C14H26N2O3/c1-10(11-5-4-6-15-9-11)7-12(17)16-14(2,3)8-13(18)19/h10-11,15H,4-9H2,1-3H3,(H,16,17)(H,18,19). The molecule has 1 aliphatic rings. The zero-order valence-corrected chi connectivity index (χ0v) is 12.2. The van der Waals surface area contributed by atoms with Crippen LogP contribution in [0.5, 0.6) is 0 Å². The molecule has 0 aromatic rings. The van der Waals surface area contributed by atoms with Crippen molar-refractivity contribution in [2.75, 3.05) is 13.1 Å². The summed E-state index contributed by atoms with van der Waals surface area (Å²) in [6.45, 7) is 7.63. The minimum absolute atomic E-state index is 0.0516. The number of nitrogens with one attached hydrogen (secondary N) is 2. The normalized spacial score (nSPS) is 21.7. The first-order valence-electron chi connectivity index (χ1n) is 7.04. The molecule has 0 aliphatic carbocycles. The van der Waals surface area contributed by atoms with Gasteiger partial charge in [-0.15, -0.1) is 0 Å². The number of aliphatic carboxylic acids is 1. The smallest absolute Gasteiger partial charge is 0.305 e. The lowest BCUT2D eigenvalue weighted by Gasteiger charge is -2.30. The van der Waals surface area contributed by atoms with Crippen LogP contribution in [-0.2, 0) is 9.59 Å². The van der Waals surface area contributed by atoms with Crippen LogP contribution in [0.1, 0.15) is 46.5 Å². The highest BCUT2D eigenvalue weighted by atomic mass is 16.4. The van der Waals surface area contributed by atoms with E-state index in [1.165, 1.54) is 12.8 Å². The van der Waals surface area contributed by atoms with Gasteiger partial charge in [0.2, 0.25) is 5.91 Å². The second kappa shape index (κ2) is 6.89. The second-order valence-corrected chi connectivity index (χ2v) is 6.29. The van der Waals surface area contributed by atoms with E-state index in [2.05, 4.69) is 17.6 Å². The van der Waals surface area contributed by atoms with E-state index in [0.717, 1.165) is 13.1 Å². The van der Waals surface area contributed by atoms with E-state index in [4.69, 9.17) is 5.11 Å². The van der Waals surface area contributed by atoms with Gasteiger partial charge < -0.3 is 15.7 Å². The molecule has 0 radical (unpaired) electrons. The summed E-state index contributed by atoms with van der Waals surface area (Å²) in [6.07, 6.45) is 2.74. The van der Waals surface area contributed by atoms with E-state index in [1.54, 1.807) is 13.8 Å². The largest absolute Gasteiger partial charge is 0.481 e. The number of carboxylic acid groups (broad SMARTS) is 1. The molecule has 5 heteroatoms. The molecule has 0 bridgehead atoms. The third-order valence-electron chi connectivity index (χ3n) is 3.72. The summed E-state index contributed by atoms with van der Waals surface area (Å²) in [6, 6.07) is 0. The minimum atomic E-state index is -0.894. The summed E-state index contributed by atoms with van der Waals surface area (Å²) < 4.78 is 0. The molecule has 1 fully saturated rings. The maximum absolute atomic E-state index is 12.0. The molecule has 1 saturated heterocycles. The van der Waals surface area contributed by atoms with Gasteiger partial charge in [0.05, 0.1) is 6.42 Å². The molecule has 2 unspecified atom stereocenters. The van der Waals surface area contributed by atoms with Gasteiger partial charge >= 0.3 is 5.97 Å². The summed E-state index contributed by atoms with van der Waals surface area (Å²) in [5, 5.41) is 15.0. The Balaban J connectivity index is 2.39. The molecule has 1 rings (SSSR count). The van der Waals surface area contributed by atoms with Crippen LogP contribution in [0, 0.1) is 11.8 Å². The van der Waals surface area contributed by atoms with Crippen LogP contribution in [0.25, 0.3) is 0 Å². The molecule has 0 spiro atoms. The Hall–Kier alpha value is -1.10. The predicted octanol–water partition coefficient (Wildman–Crippen LogP) is 1.38. The Bertz CT molecular complexity index is 323. The van der Waals surface area contributed by atoms with Crippen molar-refractivity contribution in [3.05, 3.63) is 0 Å². The monoisotopic (exact) mass is 270 g/mol. The predicted molar refractivity (Wildman–Crippen MR) is 73.8 cm³/mol. The Morgan fingerprint density at radius 3 is 2.68 bits per heavy atom. The topological polar surface area (TPSA) is 78.4 Å². The number of carbonyl (C=O) groups excluding carboxylic acids is 1. The SMILES string of the molecule is CC(CC(=O)NC(C)(C)CC(=O)O)C1CCCNC1. The van der Waals surface area contributed by atoms with Crippen molar-refractivity contribution in [2.24, 2.45) is 11.8 Å². The second-order valence-electron chi connectivity index (χ2n) is 6.29. The Morgan fingerprint density at radius 1 is 1.47 bits per heavy atom. The average molecular weight is 270 g/mol. The van der Waals surface area contributed by atoms with Gasteiger partial charge in [-0.05, 0) is 51.6 Å². The van der Waals surface area contributed by atoms with E-state index in [0.29, 0.717) is 18.3 Å². The van der Waals surface area contributed by atoms with E-state index in [-0.39, 0.29) is 12.3 Å². The van der Waals surface area contributed by atoms with Crippen LogP contribution in [0.3, 0.4) is 0 Å². The number of hydrogen-bond donors (Lipinski definition) is 3. The molecule has 19 heavy (non-hydrogen) atoms. The van der Waals surface area contributed by atoms with Gasteiger partial charge in [0, 0.05) is 12.0 Å². The van der Waals surface area contributed by atoms with Gasteiger partial charge in [0.15, 0.2) is 0 Å². The van der Waals surface area contributed by atoms with Gasteiger partial charge in [-0.25, -0.2) is 0 Å². The Morgan fingerprint density at radius 2 is 2.16 bits per heavy atom. The van der Waals surface area contributed by atoms with Gasteiger partial charge in [0.1, 0.15) is 0 Å². The molecule has 0 aromatic heterocycles. The average Bonchev–Trinajstić information content (AvgIpc) is 2.27. The van der Waals surface area contributed by atoms with Crippen molar-refractivity contribution in [3.8, 4) is 0 Å². The van der Waals surface area contributed by atoms with E-state index in [1.807, 2.05) is 0 Å². The number of carbonyl (C=O) groups is 2. The Labute approximate surface area is 115 Å². The van der Waals surface area contributed by atoms with Crippen molar-refractivity contribution in [1.29, 1.82) is 0 Å². The maximum atomic E-state index is 12.0. The van der Waals surface area contributed by atoms with E-state index >= 15 is 0 Å². The fourth-order valence-electron chi connectivity index (χ4n) is 2.67. The lowest BCUT2D eigenvalue weighted by Crippen LogP contribution is -2.46. The van der Waals surface area contributed by atoms with Crippen LogP contribution in [0.15, 0.2) is 0 Å². The Kier molecular flexibility index (Phi) is 5.79. The molecule has 3 N–H and O–H groups in total. The molecule has 1 heterocycles. The molecule has 2 atom stereocenters. The number of hydrogen-bond acceptors (Lipinski definition) is 3. The first-order valence-corrected chi connectivity index (χ1v) is 7.04. The number of rotatable bonds is 6. The molecule has 0 saturated carbocycles.